The highest BCUT2D eigenvalue weighted by Gasteiger charge is 2.49. The summed E-state index contributed by atoms with van der Waals surface area (Å²) >= 11 is 0. The molecular weight excluding hydrogens is 524 g/mol. The Morgan fingerprint density at radius 2 is 1.49 bits per heavy atom. The molecule has 0 aromatic heterocycles. The summed E-state index contributed by atoms with van der Waals surface area (Å²) in [6.45, 7) is 0.441. The minimum absolute atomic E-state index is 0.0753. The first-order chi connectivity index (χ1) is 19.7. The summed E-state index contributed by atoms with van der Waals surface area (Å²) in [5, 5.41) is 20.1. The predicted molar refractivity (Wildman–Crippen MR) is 150 cm³/mol. The van der Waals surface area contributed by atoms with E-state index in [1.54, 1.807) is 24.3 Å². The predicted octanol–water partition coefficient (Wildman–Crippen LogP) is 1.42. The van der Waals surface area contributed by atoms with Crippen molar-refractivity contribution in [2.45, 2.75) is 69.1 Å². The van der Waals surface area contributed by atoms with Crippen LogP contribution in [-0.2, 0) is 29.6 Å². The van der Waals surface area contributed by atoms with Crippen LogP contribution >= 0.6 is 0 Å². The van der Waals surface area contributed by atoms with E-state index in [1.807, 2.05) is 24.3 Å². The van der Waals surface area contributed by atoms with Gasteiger partial charge in [-0.05, 0) is 36.3 Å². The number of carbonyl (C=O) groups is 5. The molecule has 1 saturated carbocycles. The average molecular weight is 561 g/mol. The molecule has 3 aliphatic rings. The summed E-state index contributed by atoms with van der Waals surface area (Å²) in [6, 6.07) is 11.8. The molecule has 3 atom stereocenters. The monoisotopic (exact) mass is 560 g/mol. The number of hydrogen-bond acceptors (Lipinski definition) is 6. The maximum atomic E-state index is 14.0. The van der Waals surface area contributed by atoms with E-state index in [2.05, 4.69) is 16.0 Å². The number of benzene rings is 2. The Hall–Kier alpha value is -4.05. The molecular formula is C31H36N4O6. The van der Waals surface area contributed by atoms with Gasteiger partial charge in [0.1, 0.15) is 6.04 Å². The third-order valence-electron chi connectivity index (χ3n) is 8.73. The number of nitrogens with two attached hydrogens (primary N) is 1. The molecule has 2 aliphatic carbocycles. The largest absolute Gasteiger partial charge is 0.372 e. The number of hydrogen-bond donors (Lipinski definition) is 5. The Bertz CT molecular complexity index is 1320. The number of Topliss-reactive ketones (excluding diaryl/α,β-unsaturated/α-hetero) is 1. The second-order valence-electron chi connectivity index (χ2n) is 11.4. The number of aliphatic hydroxyl groups is 1. The Labute approximate surface area is 238 Å². The van der Waals surface area contributed by atoms with Crippen molar-refractivity contribution in [1.82, 2.24) is 16.0 Å². The number of amides is 4. The van der Waals surface area contributed by atoms with Crippen molar-refractivity contribution in [3.8, 4) is 11.1 Å². The van der Waals surface area contributed by atoms with Crippen molar-refractivity contribution in [3.63, 3.8) is 0 Å². The Morgan fingerprint density at radius 1 is 0.878 bits per heavy atom. The smallest absolute Gasteiger partial charge is 0.287 e. The Balaban J connectivity index is 1.42. The van der Waals surface area contributed by atoms with Gasteiger partial charge in [-0.3, -0.25) is 24.0 Å². The summed E-state index contributed by atoms with van der Waals surface area (Å²) in [5.74, 6) is -4.28. The summed E-state index contributed by atoms with van der Waals surface area (Å²) in [6.07, 6.45) is 5.60. The van der Waals surface area contributed by atoms with Gasteiger partial charge in [0, 0.05) is 23.6 Å². The number of ketones is 1. The summed E-state index contributed by atoms with van der Waals surface area (Å²) in [5.41, 5.74) is 5.56. The number of fused-ring (bicyclic) bond motifs is 3. The van der Waals surface area contributed by atoms with Crippen LogP contribution in [0.1, 0.15) is 62.5 Å². The number of primary amides is 1. The molecule has 1 saturated heterocycles. The van der Waals surface area contributed by atoms with Crippen molar-refractivity contribution in [1.29, 1.82) is 0 Å². The highest BCUT2D eigenvalue weighted by molar-refractivity contribution is 6.38. The molecule has 10 heteroatoms. The highest BCUT2D eigenvalue weighted by atomic mass is 16.3. The molecule has 5 rings (SSSR count). The number of carbonyl (C=O) groups excluding carboxylic acids is 5. The molecule has 6 N–H and O–H groups in total. The van der Waals surface area contributed by atoms with Gasteiger partial charge in [0.05, 0.1) is 6.04 Å². The molecule has 0 radical (unpaired) electrons. The van der Waals surface area contributed by atoms with Gasteiger partial charge in [0.2, 0.25) is 17.6 Å². The standard InChI is InChI=1S/C31H36N4O6/c32-27(37)26(36)24(17-19-14-15-33-28(19)38)34-29(39)25(16-18-8-2-1-3-9-18)35-30(40)31(41)22-12-6-4-10-20(22)21-11-5-7-13-23(21)31/h4-7,10-13,18-19,24-25,41H,1-3,8-9,14-17H2,(H2,32,37)(H,33,38)(H,34,39)(H,35,40)/t19-,24?,25-/m0/s1. The fraction of sp³-hybridized carbons (Fsp3) is 0.452. The third kappa shape index (κ3) is 5.61. The van der Waals surface area contributed by atoms with E-state index in [0.717, 1.165) is 43.2 Å². The van der Waals surface area contributed by atoms with Crippen molar-refractivity contribution in [2.24, 2.45) is 17.6 Å². The van der Waals surface area contributed by atoms with E-state index < -0.39 is 47.1 Å². The third-order valence-corrected chi connectivity index (χ3v) is 8.73. The quantitative estimate of drug-likeness (QED) is 0.276. The zero-order valence-electron chi connectivity index (χ0n) is 22.9. The zero-order chi connectivity index (χ0) is 29.1. The van der Waals surface area contributed by atoms with E-state index in [1.165, 1.54) is 0 Å². The molecule has 1 unspecified atom stereocenters. The van der Waals surface area contributed by atoms with Crippen LogP contribution in [0.15, 0.2) is 48.5 Å². The van der Waals surface area contributed by atoms with E-state index in [0.29, 0.717) is 30.5 Å². The average Bonchev–Trinajstić information content (AvgIpc) is 3.51. The van der Waals surface area contributed by atoms with E-state index in [9.17, 15) is 29.1 Å². The van der Waals surface area contributed by atoms with Gasteiger partial charge < -0.3 is 26.8 Å². The first-order valence-corrected chi connectivity index (χ1v) is 14.3. The van der Waals surface area contributed by atoms with Gasteiger partial charge in [-0.2, -0.15) is 0 Å². The molecule has 216 valence electrons. The molecule has 4 amide bonds. The van der Waals surface area contributed by atoms with Gasteiger partial charge in [-0.15, -0.1) is 0 Å². The lowest BCUT2D eigenvalue weighted by molar-refractivity contribution is -0.141. The van der Waals surface area contributed by atoms with Gasteiger partial charge in [-0.25, -0.2) is 0 Å². The molecule has 41 heavy (non-hydrogen) atoms. The van der Waals surface area contributed by atoms with Gasteiger partial charge >= 0.3 is 0 Å². The van der Waals surface area contributed by atoms with Crippen molar-refractivity contribution < 1.29 is 29.1 Å². The van der Waals surface area contributed by atoms with E-state index in [-0.39, 0.29) is 18.2 Å². The molecule has 1 heterocycles. The van der Waals surface area contributed by atoms with Crippen LogP contribution in [0.25, 0.3) is 11.1 Å². The molecule has 1 aliphatic heterocycles. The highest BCUT2D eigenvalue weighted by Crippen LogP contribution is 2.47. The first-order valence-electron chi connectivity index (χ1n) is 14.3. The first kappa shape index (κ1) is 28.5. The molecule has 0 bridgehead atoms. The molecule has 10 nitrogen and oxygen atoms in total. The fourth-order valence-electron chi connectivity index (χ4n) is 6.54. The minimum Gasteiger partial charge on any atom is -0.372 e. The maximum absolute atomic E-state index is 14.0. The van der Waals surface area contributed by atoms with Crippen LogP contribution in [0.5, 0.6) is 0 Å². The fourth-order valence-corrected chi connectivity index (χ4v) is 6.54. The number of rotatable bonds is 10. The molecule has 0 spiro atoms. The second-order valence-corrected chi connectivity index (χ2v) is 11.4. The topological polar surface area (TPSA) is 168 Å². The summed E-state index contributed by atoms with van der Waals surface area (Å²) < 4.78 is 0. The maximum Gasteiger partial charge on any atom is 0.287 e. The molecule has 2 fully saturated rings. The van der Waals surface area contributed by atoms with Gasteiger partial charge in [0.25, 0.3) is 11.8 Å². The van der Waals surface area contributed by atoms with Crippen LogP contribution in [0, 0.1) is 11.8 Å². The number of nitrogens with one attached hydrogen (secondary N) is 3. The lowest BCUT2D eigenvalue weighted by atomic mass is 9.84. The van der Waals surface area contributed by atoms with Crippen molar-refractivity contribution >= 4 is 29.4 Å². The van der Waals surface area contributed by atoms with Crippen LogP contribution in [0.3, 0.4) is 0 Å². The molecule has 2 aromatic rings. The van der Waals surface area contributed by atoms with E-state index >= 15 is 0 Å². The second kappa shape index (κ2) is 11.8. The lowest BCUT2D eigenvalue weighted by Crippen LogP contribution is -2.57. The van der Waals surface area contributed by atoms with Crippen LogP contribution < -0.4 is 21.7 Å². The zero-order valence-corrected chi connectivity index (χ0v) is 22.9. The van der Waals surface area contributed by atoms with Gasteiger partial charge in [0.15, 0.2) is 5.60 Å². The van der Waals surface area contributed by atoms with Crippen LogP contribution in [0.2, 0.25) is 0 Å². The summed E-state index contributed by atoms with van der Waals surface area (Å²) in [7, 11) is 0. The van der Waals surface area contributed by atoms with E-state index in [4.69, 9.17) is 5.73 Å². The van der Waals surface area contributed by atoms with Crippen LogP contribution in [0.4, 0.5) is 0 Å². The molecule has 2 aromatic carbocycles. The van der Waals surface area contributed by atoms with Crippen molar-refractivity contribution in [3.05, 3.63) is 59.7 Å². The SMILES string of the molecule is NC(=O)C(=O)C(C[C@@H]1CCNC1=O)NC(=O)[C@H](CC1CCCCC1)NC(=O)C1(O)c2ccccc2-c2ccccc21. The Morgan fingerprint density at radius 3 is 2.05 bits per heavy atom. The minimum atomic E-state index is -2.03. The van der Waals surface area contributed by atoms with Crippen molar-refractivity contribution in [2.75, 3.05) is 6.54 Å². The lowest BCUT2D eigenvalue weighted by Gasteiger charge is -2.31. The summed E-state index contributed by atoms with van der Waals surface area (Å²) in [4.78, 5) is 64.4. The normalized spacial score (nSPS) is 20.7. The van der Waals surface area contributed by atoms with Gasteiger partial charge in [-0.1, -0.05) is 80.6 Å². The Kier molecular flexibility index (Phi) is 8.21. The van der Waals surface area contributed by atoms with Crippen LogP contribution in [-0.4, -0.2) is 53.1 Å².